The summed E-state index contributed by atoms with van der Waals surface area (Å²) >= 11 is 3.36. The molecule has 4 heteroatoms. The van der Waals surface area contributed by atoms with Crippen LogP contribution in [0.2, 0.25) is 0 Å². The lowest BCUT2D eigenvalue weighted by Crippen LogP contribution is -1.79. The molecule has 0 fully saturated rings. The van der Waals surface area contributed by atoms with Gasteiger partial charge in [0, 0.05) is 0 Å². The van der Waals surface area contributed by atoms with Crippen LogP contribution < -0.4 is 0 Å². The molecule has 82 valence electrons. The first-order valence-corrected chi connectivity index (χ1v) is 6.68. The lowest BCUT2D eigenvalue weighted by atomic mass is 10.3. The standard InChI is InChI=1S/C12H12N2S2/c1-9-3-5-15-11(9)7-13-14-8-12-10(2)4-6-16-12/h3-8H,1-2H3. The van der Waals surface area contributed by atoms with Crippen LogP contribution in [0.25, 0.3) is 0 Å². The van der Waals surface area contributed by atoms with E-state index in [2.05, 4.69) is 46.9 Å². The Morgan fingerprint density at radius 3 is 1.62 bits per heavy atom. The van der Waals surface area contributed by atoms with Gasteiger partial charge in [0.1, 0.15) is 0 Å². The molecule has 0 saturated carbocycles. The number of hydrogen-bond donors (Lipinski definition) is 0. The van der Waals surface area contributed by atoms with Gasteiger partial charge in [-0.2, -0.15) is 10.2 Å². The summed E-state index contributed by atoms with van der Waals surface area (Å²) in [4.78, 5) is 2.33. The molecule has 2 aromatic heterocycles. The van der Waals surface area contributed by atoms with Gasteiger partial charge in [0.2, 0.25) is 0 Å². The lowest BCUT2D eigenvalue weighted by molar-refractivity contribution is 1.27. The molecule has 0 amide bonds. The molecule has 0 N–H and O–H groups in total. The van der Waals surface area contributed by atoms with Crippen LogP contribution in [0.3, 0.4) is 0 Å². The summed E-state index contributed by atoms with van der Waals surface area (Å²) in [6.07, 6.45) is 3.61. The zero-order valence-corrected chi connectivity index (χ0v) is 10.8. The van der Waals surface area contributed by atoms with Crippen molar-refractivity contribution < 1.29 is 0 Å². The van der Waals surface area contributed by atoms with E-state index >= 15 is 0 Å². The fraction of sp³-hybridized carbons (Fsp3) is 0.167. The van der Waals surface area contributed by atoms with Crippen molar-refractivity contribution in [3.05, 3.63) is 43.8 Å². The Labute approximate surface area is 103 Å². The van der Waals surface area contributed by atoms with E-state index in [0.29, 0.717) is 0 Å². The average molecular weight is 248 g/mol. The molecule has 2 rings (SSSR count). The molecule has 2 heterocycles. The van der Waals surface area contributed by atoms with E-state index < -0.39 is 0 Å². The summed E-state index contributed by atoms with van der Waals surface area (Å²) in [7, 11) is 0. The van der Waals surface area contributed by atoms with Crippen molar-refractivity contribution in [2.75, 3.05) is 0 Å². The van der Waals surface area contributed by atoms with Gasteiger partial charge in [-0.05, 0) is 47.9 Å². The molecule has 0 aliphatic heterocycles. The summed E-state index contributed by atoms with van der Waals surface area (Å²) in [5, 5.41) is 12.2. The second kappa shape index (κ2) is 5.18. The van der Waals surface area contributed by atoms with E-state index in [1.165, 1.54) is 20.9 Å². The number of rotatable bonds is 3. The van der Waals surface area contributed by atoms with Crippen LogP contribution in [-0.4, -0.2) is 12.4 Å². The van der Waals surface area contributed by atoms with Crippen LogP contribution in [0.15, 0.2) is 33.1 Å². The first kappa shape index (κ1) is 11.2. The van der Waals surface area contributed by atoms with Gasteiger partial charge in [-0.3, -0.25) is 0 Å². The van der Waals surface area contributed by atoms with E-state index in [4.69, 9.17) is 0 Å². The normalized spacial score (nSPS) is 11.9. The van der Waals surface area contributed by atoms with Crippen molar-refractivity contribution in [2.45, 2.75) is 13.8 Å². The summed E-state index contributed by atoms with van der Waals surface area (Å²) in [6, 6.07) is 4.16. The Morgan fingerprint density at radius 1 is 0.875 bits per heavy atom. The molecule has 2 nitrogen and oxygen atoms in total. The van der Waals surface area contributed by atoms with E-state index in [0.717, 1.165) is 0 Å². The van der Waals surface area contributed by atoms with Gasteiger partial charge >= 0.3 is 0 Å². The molecular weight excluding hydrogens is 236 g/mol. The molecule has 0 spiro atoms. The average Bonchev–Trinajstić information content (AvgIpc) is 2.84. The third-order valence-corrected chi connectivity index (χ3v) is 4.13. The molecule has 0 aliphatic carbocycles. The maximum Gasteiger partial charge on any atom is 0.0670 e. The molecule has 0 aromatic carbocycles. The van der Waals surface area contributed by atoms with Gasteiger partial charge in [0.05, 0.1) is 22.2 Å². The smallest absolute Gasteiger partial charge is 0.0670 e. The fourth-order valence-electron chi connectivity index (χ4n) is 1.20. The monoisotopic (exact) mass is 248 g/mol. The second-order valence-electron chi connectivity index (χ2n) is 3.42. The number of aryl methyl sites for hydroxylation is 2. The predicted molar refractivity (Wildman–Crippen MR) is 73.3 cm³/mol. The molecule has 0 atom stereocenters. The Hall–Kier alpha value is -1.26. The van der Waals surface area contributed by atoms with Crippen LogP contribution in [-0.2, 0) is 0 Å². The van der Waals surface area contributed by atoms with Gasteiger partial charge in [0.25, 0.3) is 0 Å². The molecule has 0 saturated heterocycles. The predicted octanol–water partition coefficient (Wildman–Crippen LogP) is 3.88. The molecule has 0 bridgehead atoms. The summed E-state index contributed by atoms with van der Waals surface area (Å²) < 4.78 is 0. The minimum absolute atomic E-state index is 1.17. The fourth-order valence-corrected chi connectivity index (χ4v) is 2.77. The number of hydrogen-bond acceptors (Lipinski definition) is 4. The highest BCUT2D eigenvalue weighted by molar-refractivity contribution is 7.12. The lowest BCUT2D eigenvalue weighted by Gasteiger charge is -1.87. The Morgan fingerprint density at radius 2 is 1.31 bits per heavy atom. The Balaban J connectivity index is 2.03. The van der Waals surface area contributed by atoms with Crippen LogP contribution >= 0.6 is 22.7 Å². The number of nitrogens with zero attached hydrogens (tertiary/aromatic N) is 2. The van der Waals surface area contributed by atoms with Crippen molar-refractivity contribution in [1.82, 2.24) is 0 Å². The molecule has 0 radical (unpaired) electrons. The van der Waals surface area contributed by atoms with E-state index in [1.807, 2.05) is 0 Å². The van der Waals surface area contributed by atoms with Crippen molar-refractivity contribution in [2.24, 2.45) is 10.2 Å². The van der Waals surface area contributed by atoms with Gasteiger partial charge in [-0.1, -0.05) is 0 Å². The van der Waals surface area contributed by atoms with Crippen molar-refractivity contribution in [3.8, 4) is 0 Å². The van der Waals surface area contributed by atoms with E-state index in [1.54, 1.807) is 35.1 Å². The third kappa shape index (κ3) is 2.65. The van der Waals surface area contributed by atoms with Crippen LogP contribution in [0.5, 0.6) is 0 Å². The van der Waals surface area contributed by atoms with Crippen molar-refractivity contribution in [3.63, 3.8) is 0 Å². The first-order valence-electron chi connectivity index (χ1n) is 4.92. The Kier molecular flexibility index (Phi) is 3.64. The van der Waals surface area contributed by atoms with Gasteiger partial charge in [-0.15, -0.1) is 22.7 Å². The molecule has 16 heavy (non-hydrogen) atoms. The highest BCUT2D eigenvalue weighted by Gasteiger charge is 1.95. The summed E-state index contributed by atoms with van der Waals surface area (Å²) in [5.41, 5.74) is 2.49. The summed E-state index contributed by atoms with van der Waals surface area (Å²) in [6.45, 7) is 4.15. The van der Waals surface area contributed by atoms with E-state index in [9.17, 15) is 0 Å². The first-order chi connectivity index (χ1) is 7.77. The zero-order valence-electron chi connectivity index (χ0n) is 9.18. The highest BCUT2D eigenvalue weighted by Crippen LogP contribution is 2.13. The summed E-state index contributed by atoms with van der Waals surface area (Å²) in [5.74, 6) is 0. The van der Waals surface area contributed by atoms with Gasteiger partial charge < -0.3 is 0 Å². The minimum atomic E-state index is 1.17. The van der Waals surface area contributed by atoms with Gasteiger partial charge in [-0.25, -0.2) is 0 Å². The van der Waals surface area contributed by atoms with Gasteiger partial charge in [0.15, 0.2) is 0 Å². The maximum atomic E-state index is 4.05. The molecule has 2 aromatic rings. The third-order valence-electron chi connectivity index (χ3n) is 2.22. The molecule has 0 unspecified atom stereocenters. The number of thiophene rings is 2. The minimum Gasteiger partial charge on any atom is -0.158 e. The Bertz CT molecular complexity index is 472. The second-order valence-corrected chi connectivity index (χ2v) is 5.32. The van der Waals surface area contributed by atoms with Crippen molar-refractivity contribution in [1.29, 1.82) is 0 Å². The topological polar surface area (TPSA) is 24.7 Å². The largest absolute Gasteiger partial charge is 0.158 e. The SMILES string of the molecule is Cc1ccsc1C=NN=Cc1sccc1C. The van der Waals surface area contributed by atoms with Crippen molar-refractivity contribution >= 4 is 35.1 Å². The zero-order chi connectivity index (χ0) is 11.4. The van der Waals surface area contributed by atoms with Crippen LogP contribution in [0.1, 0.15) is 20.9 Å². The molecular formula is C12H12N2S2. The maximum absolute atomic E-state index is 4.05. The van der Waals surface area contributed by atoms with Crippen LogP contribution in [0, 0.1) is 13.8 Å². The quantitative estimate of drug-likeness (QED) is 0.582. The van der Waals surface area contributed by atoms with E-state index in [-0.39, 0.29) is 0 Å². The highest BCUT2D eigenvalue weighted by atomic mass is 32.1. The molecule has 0 aliphatic rings. The van der Waals surface area contributed by atoms with Crippen LogP contribution in [0.4, 0.5) is 0 Å².